The van der Waals surface area contributed by atoms with E-state index in [4.69, 9.17) is 5.11 Å². The fourth-order valence-electron chi connectivity index (χ4n) is 2.05. The van der Waals surface area contributed by atoms with Gasteiger partial charge in [-0.3, -0.25) is 4.79 Å². The van der Waals surface area contributed by atoms with E-state index in [-0.39, 0.29) is 5.92 Å². The lowest BCUT2D eigenvalue weighted by Crippen LogP contribution is -2.29. The van der Waals surface area contributed by atoms with Gasteiger partial charge in [0.1, 0.15) is 0 Å². The number of nitrogens with zero attached hydrogens (tertiary/aromatic N) is 1. The van der Waals surface area contributed by atoms with E-state index < -0.39 is 5.97 Å². The second-order valence-corrected chi connectivity index (χ2v) is 3.96. The first-order chi connectivity index (χ1) is 6.15. The predicted molar refractivity (Wildman–Crippen MR) is 51.7 cm³/mol. The molecule has 0 spiro atoms. The van der Waals surface area contributed by atoms with Gasteiger partial charge in [-0.05, 0) is 39.3 Å². The average Bonchev–Trinajstić information content (AvgIpc) is 2.46. The summed E-state index contributed by atoms with van der Waals surface area (Å²) < 4.78 is 0. The van der Waals surface area contributed by atoms with Crippen molar-refractivity contribution in [3.05, 3.63) is 0 Å². The number of hydrogen-bond acceptors (Lipinski definition) is 2. The van der Waals surface area contributed by atoms with Crippen LogP contribution in [0, 0.1) is 5.92 Å². The number of carbonyl (C=O) groups is 1. The maximum Gasteiger partial charge on any atom is 0.306 e. The highest BCUT2D eigenvalue weighted by Crippen LogP contribution is 2.23. The van der Waals surface area contributed by atoms with Crippen molar-refractivity contribution in [2.45, 2.75) is 38.6 Å². The van der Waals surface area contributed by atoms with Crippen molar-refractivity contribution in [3.8, 4) is 0 Å². The highest BCUT2D eigenvalue weighted by atomic mass is 16.4. The molecule has 1 aliphatic rings. The standard InChI is InChI=1S/C10H19NO2/c1-3-8(10(12)13)7-9-5-4-6-11(9)2/h8-9H,3-7H2,1-2H3,(H,12,13). The molecule has 0 saturated carbocycles. The van der Waals surface area contributed by atoms with E-state index in [9.17, 15) is 4.79 Å². The van der Waals surface area contributed by atoms with Gasteiger partial charge in [0.25, 0.3) is 0 Å². The lowest BCUT2D eigenvalue weighted by molar-refractivity contribution is -0.142. The molecule has 0 aromatic rings. The molecule has 0 aromatic carbocycles. The molecular formula is C10H19NO2. The molecule has 1 saturated heterocycles. The Hall–Kier alpha value is -0.570. The second-order valence-electron chi connectivity index (χ2n) is 3.96. The van der Waals surface area contributed by atoms with Crippen molar-refractivity contribution >= 4 is 5.97 Å². The van der Waals surface area contributed by atoms with E-state index in [1.54, 1.807) is 0 Å². The summed E-state index contributed by atoms with van der Waals surface area (Å²) in [6, 6.07) is 0.501. The molecule has 0 radical (unpaired) electrons. The van der Waals surface area contributed by atoms with E-state index in [1.807, 2.05) is 6.92 Å². The Morgan fingerprint density at radius 1 is 1.69 bits per heavy atom. The second kappa shape index (κ2) is 4.61. The zero-order chi connectivity index (χ0) is 9.84. The normalized spacial score (nSPS) is 26.2. The van der Waals surface area contributed by atoms with Gasteiger partial charge in [-0.1, -0.05) is 6.92 Å². The van der Waals surface area contributed by atoms with Crippen LogP contribution >= 0.6 is 0 Å². The fraction of sp³-hybridized carbons (Fsp3) is 0.900. The average molecular weight is 185 g/mol. The first-order valence-electron chi connectivity index (χ1n) is 5.08. The summed E-state index contributed by atoms with van der Waals surface area (Å²) in [7, 11) is 2.09. The third-order valence-corrected chi connectivity index (χ3v) is 3.07. The Morgan fingerprint density at radius 3 is 2.77 bits per heavy atom. The summed E-state index contributed by atoms with van der Waals surface area (Å²) in [6.07, 6.45) is 3.96. The van der Waals surface area contributed by atoms with Crippen LogP contribution < -0.4 is 0 Å². The number of likely N-dealkylation sites (tertiary alicyclic amines) is 1. The van der Waals surface area contributed by atoms with Crippen LogP contribution in [0.5, 0.6) is 0 Å². The van der Waals surface area contributed by atoms with E-state index in [1.165, 1.54) is 12.8 Å². The molecular weight excluding hydrogens is 166 g/mol. The minimum atomic E-state index is -0.636. The van der Waals surface area contributed by atoms with Crippen LogP contribution in [0.15, 0.2) is 0 Å². The number of carboxylic acid groups (broad SMARTS) is 1. The molecule has 2 unspecified atom stereocenters. The Labute approximate surface area is 79.7 Å². The van der Waals surface area contributed by atoms with Gasteiger partial charge in [0.05, 0.1) is 5.92 Å². The lowest BCUT2D eigenvalue weighted by atomic mass is 9.96. The molecule has 0 amide bonds. The largest absolute Gasteiger partial charge is 0.481 e. The molecule has 1 N–H and O–H groups in total. The molecule has 3 nitrogen and oxygen atoms in total. The van der Waals surface area contributed by atoms with E-state index >= 15 is 0 Å². The summed E-state index contributed by atoms with van der Waals surface area (Å²) in [5.74, 6) is -0.784. The molecule has 0 aliphatic carbocycles. The summed E-state index contributed by atoms with van der Waals surface area (Å²) in [5.41, 5.74) is 0. The van der Waals surface area contributed by atoms with E-state index in [0.29, 0.717) is 6.04 Å². The zero-order valence-electron chi connectivity index (χ0n) is 8.49. The van der Waals surface area contributed by atoms with Crippen LogP contribution in [0.25, 0.3) is 0 Å². The Balaban J connectivity index is 2.41. The third-order valence-electron chi connectivity index (χ3n) is 3.07. The Kier molecular flexibility index (Phi) is 3.72. The molecule has 76 valence electrons. The van der Waals surface area contributed by atoms with Crippen molar-refractivity contribution < 1.29 is 9.90 Å². The minimum absolute atomic E-state index is 0.148. The highest BCUT2D eigenvalue weighted by Gasteiger charge is 2.26. The molecule has 13 heavy (non-hydrogen) atoms. The van der Waals surface area contributed by atoms with Gasteiger partial charge < -0.3 is 10.0 Å². The van der Waals surface area contributed by atoms with Crippen molar-refractivity contribution in [2.24, 2.45) is 5.92 Å². The van der Waals surface area contributed by atoms with Crippen molar-refractivity contribution in [1.29, 1.82) is 0 Å². The van der Waals surface area contributed by atoms with Gasteiger partial charge in [-0.2, -0.15) is 0 Å². The monoisotopic (exact) mass is 185 g/mol. The molecule has 0 bridgehead atoms. The Bertz CT molecular complexity index is 182. The first kappa shape index (κ1) is 10.5. The highest BCUT2D eigenvalue weighted by molar-refractivity contribution is 5.69. The van der Waals surface area contributed by atoms with Crippen molar-refractivity contribution in [2.75, 3.05) is 13.6 Å². The number of carboxylic acids is 1. The quantitative estimate of drug-likeness (QED) is 0.723. The number of aliphatic carboxylic acids is 1. The van der Waals surface area contributed by atoms with E-state index in [0.717, 1.165) is 19.4 Å². The van der Waals surface area contributed by atoms with Crippen LogP contribution in [-0.4, -0.2) is 35.6 Å². The SMILES string of the molecule is CCC(CC1CCCN1C)C(=O)O. The zero-order valence-corrected chi connectivity index (χ0v) is 8.49. The van der Waals surface area contributed by atoms with Gasteiger partial charge in [0, 0.05) is 6.04 Å². The molecule has 2 atom stereocenters. The fourth-order valence-corrected chi connectivity index (χ4v) is 2.05. The number of hydrogen-bond donors (Lipinski definition) is 1. The summed E-state index contributed by atoms with van der Waals surface area (Å²) >= 11 is 0. The van der Waals surface area contributed by atoms with Crippen LogP contribution in [0.2, 0.25) is 0 Å². The topological polar surface area (TPSA) is 40.5 Å². The summed E-state index contributed by atoms with van der Waals surface area (Å²) in [5, 5.41) is 8.90. The summed E-state index contributed by atoms with van der Waals surface area (Å²) in [6.45, 7) is 3.08. The minimum Gasteiger partial charge on any atom is -0.481 e. The molecule has 1 fully saturated rings. The van der Waals surface area contributed by atoms with Crippen LogP contribution in [0.3, 0.4) is 0 Å². The lowest BCUT2D eigenvalue weighted by Gasteiger charge is -2.22. The Morgan fingerprint density at radius 2 is 2.38 bits per heavy atom. The van der Waals surface area contributed by atoms with Crippen molar-refractivity contribution in [1.82, 2.24) is 4.90 Å². The molecule has 1 rings (SSSR count). The van der Waals surface area contributed by atoms with Gasteiger partial charge >= 0.3 is 5.97 Å². The van der Waals surface area contributed by atoms with Gasteiger partial charge in [-0.15, -0.1) is 0 Å². The van der Waals surface area contributed by atoms with E-state index in [2.05, 4.69) is 11.9 Å². The van der Waals surface area contributed by atoms with Crippen molar-refractivity contribution in [3.63, 3.8) is 0 Å². The van der Waals surface area contributed by atoms with Crippen LogP contribution in [0.4, 0.5) is 0 Å². The maximum absolute atomic E-state index is 10.8. The first-order valence-corrected chi connectivity index (χ1v) is 5.08. The van der Waals surface area contributed by atoms with Crippen LogP contribution in [-0.2, 0) is 4.79 Å². The van der Waals surface area contributed by atoms with Gasteiger partial charge in [-0.25, -0.2) is 0 Å². The van der Waals surface area contributed by atoms with Gasteiger partial charge in [0.15, 0.2) is 0 Å². The third kappa shape index (κ3) is 2.69. The van der Waals surface area contributed by atoms with Crippen LogP contribution in [0.1, 0.15) is 32.6 Å². The molecule has 1 aliphatic heterocycles. The molecule has 3 heteroatoms. The maximum atomic E-state index is 10.8. The van der Waals surface area contributed by atoms with Gasteiger partial charge in [0.2, 0.25) is 0 Å². The number of rotatable bonds is 4. The summed E-state index contributed by atoms with van der Waals surface area (Å²) in [4.78, 5) is 13.1. The smallest absolute Gasteiger partial charge is 0.306 e. The molecule has 1 heterocycles. The molecule has 0 aromatic heterocycles. The predicted octanol–water partition coefficient (Wildman–Crippen LogP) is 1.58.